The van der Waals surface area contributed by atoms with Crippen LogP contribution < -0.4 is 4.74 Å². The van der Waals surface area contributed by atoms with Crippen molar-refractivity contribution in [1.82, 2.24) is 14.5 Å². The van der Waals surface area contributed by atoms with Crippen molar-refractivity contribution >= 4 is 16.9 Å². The van der Waals surface area contributed by atoms with Crippen LogP contribution in [0.15, 0.2) is 24.5 Å². The number of methoxy groups -OCH3 is 1. The van der Waals surface area contributed by atoms with Gasteiger partial charge in [-0.05, 0) is 26.2 Å². The lowest BCUT2D eigenvalue weighted by Gasteiger charge is -2.09. The number of likely N-dealkylation sites (N-methyl/N-ethyl adjacent to an activating group) is 1. The molecule has 0 aliphatic heterocycles. The topological polar surface area (TPSA) is 47.4 Å². The minimum absolute atomic E-state index is 0.00247. The fourth-order valence-electron chi connectivity index (χ4n) is 1.66. The molecule has 0 saturated carbocycles. The third-order valence-corrected chi connectivity index (χ3v) is 2.47. The van der Waals surface area contributed by atoms with Crippen molar-refractivity contribution < 1.29 is 9.53 Å². The van der Waals surface area contributed by atoms with Gasteiger partial charge in [0.2, 0.25) is 5.91 Å². The summed E-state index contributed by atoms with van der Waals surface area (Å²) in [6.07, 6.45) is 1.55. The van der Waals surface area contributed by atoms with E-state index in [1.807, 2.05) is 37.2 Å². The third-order valence-electron chi connectivity index (χ3n) is 2.47. The standard InChI is InChI=1S/C12H15N3O2/c1-14(2)7-12(16)15-8-13-10-6-9(17-3)4-5-11(10)15/h4-6,8H,7H2,1-3H3. The molecule has 2 aromatic rings. The first-order chi connectivity index (χ1) is 8.11. The van der Waals surface area contributed by atoms with Crippen LogP contribution in [0.25, 0.3) is 11.0 Å². The molecular weight excluding hydrogens is 218 g/mol. The molecule has 0 atom stereocenters. The zero-order valence-corrected chi connectivity index (χ0v) is 10.2. The second-order valence-corrected chi connectivity index (χ2v) is 4.10. The zero-order chi connectivity index (χ0) is 12.4. The first-order valence-electron chi connectivity index (χ1n) is 5.31. The van der Waals surface area contributed by atoms with E-state index >= 15 is 0 Å². The van der Waals surface area contributed by atoms with E-state index in [0.29, 0.717) is 6.54 Å². The van der Waals surface area contributed by atoms with Crippen molar-refractivity contribution in [3.63, 3.8) is 0 Å². The molecular formula is C12H15N3O2. The Hall–Kier alpha value is -1.88. The summed E-state index contributed by atoms with van der Waals surface area (Å²) in [6.45, 7) is 0.359. The number of fused-ring (bicyclic) bond motifs is 1. The highest BCUT2D eigenvalue weighted by molar-refractivity contribution is 5.91. The average molecular weight is 233 g/mol. The van der Waals surface area contributed by atoms with Crippen molar-refractivity contribution in [2.24, 2.45) is 0 Å². The molecule has 0 amide bonds. The Balaban J connectivity index is 2.39. The van der Waals surface area contributed by atoms with E-state index in [1.165, 1.54) is 0 Å². The number of hydrogen-bond donors (Lipinski definition) is 0. The van der Waals surface area contributed by atoms with Gasteiger partial charge >= 0.3 is 0 Å². The average Bonchev–Trinajstić information content (AvgIpc) is 2.70. The van der Waals surface area contributed by atoms with Gasteiger partial charge in [-0.3, -0.25) is 9.36 Å². The van der Waals surface area contributed by atoms with Gasteiger partial charge in [0, 0.05) is 6.07 Å². The Kier molecular flexibility index (Phi) is 3.10. The maximum absolute atomic E-state index is 11.9. The minimum atomic E-state index is 0.00247. The molecule has 0 aliphatic rings. The van der Waals surface area contributed by atoms with Gasteiger partial charge < -0.3 is 9.64 Å². The Morgan fingerprint density at radius 2 is 2.24 bits per heavy atom. The molecule has 1 heterocycles. The maximum Gasteiger partial charge on any atom is 0.246 e. The lowest BCUT2D eigenvalue weighted by Crippen LogP contribution is -2.25. The molecule has 0 aliphatic carbocycles. The largest absolute Gasteiger partial charge is 0.497 e. The summed E-state index contributed by atoms with van der Waals surface area (Å²) >= 11 is 0. The number of nitrogens with zero attached hydrogens (tertiary/aromatic N) is 3. The molecule has 1 aromatic heterocycles. The van der Waals surface area contributed by atoms with Crippen molar-refractivity contribution in [3.05, 3.63) is 24.5 Å². The molecule has 0 radical (unpaired) electrons. The molecule has 17 heavy (non-hydrogen) atoms. The minimum Gasteiger partial charge on any atom is -0.497 e. The summed E-state index contributed by atoms with van der Waals surface area (Å²) in [5.41, 5.74) is 1.56. The van der Waals surface area contributed by atoms with Crippen molar-refractivity contribution in [3.8, 4) is 5.75 Å². The molecule has 0 fully saturated rings. The number of carbonyl (C=O) groups is 1. The SMILES string of the molecule is COc1ccc2c(c1)ncn2C(=O)CN(C)C. The Bertz CT molecular complexity index is 546. The van der Waals surface area contributed by atoms with Crippen LogP contribution in [0.5, 0.6) is 5.75 Å². The van der Waals surface area contributed by atoms with Gasteiger partial charge in [-0.15, -0.1) is 0 Å². The first kappa shape index (κ1) is 11.6. The normalized spacial score (nSPS) is 11.1. The molecule has 0 saturated heterocycles. The molecule has 1 aromatic carbocycles. The van der Waals surface area contributed by atoms with Crippen LogP contribution in [0, 0.1) is 0 Å². The molecule has 0 spiro atoms. The van der Waals surface area contributed by atoms with Crippen LogP contribution in [0.2, 0.25) is 0 Å². The monoisotopic (exact) mass is 233 g/mol. The summed E-state index contributed by atoms with van der Waals surface area (Å²) in [4.78, 5) is 18.0. The highest BCUT2D eigenvalue weighted by Gasteiger charge is 2.11. The van der Waals surface area contributed by atoms with Gasteiger partial charge in [0.15, 0.2) is 0 Å². The number of hydrogen-bond acceptors (Lipinski definition) is 4. The zero-order valence-electron chi connectivity index (χ0n) is 10.2. The molecule has 0 unspecified atom stereocenters. The van der Waals surface area contributed by atoms with Crippen LogP contribution in [0.1, 0.15) is 4.79 Å². The van der Waals surface area contributed by atoms with E-state index in [1.54, 1.807) is 18.0 Å². The molecule has 2 rings (SSSR count). The van der Waals surface area contributed by atoms with Gasteiger partial charge in [0.25, 0.3) is 0 Å². The predicted molar refractivity (Wildman–Crippen MR) is 65.5 cm³/mol. The summed E-state index contributed by atoms with van der Waals surface area (Å²) in [5, 5.41) is 0. The summed E-state index contributed by atoms with van der Waals surface area (Å²) in [5.74, 6) is 0.741. The molecule has 90 valence electrons. The van der Waals surface area contributed by atoms with Gasteiger partial charge in [-0.2, -0.15) is 0 Å². The number of rotatable bonds is 3. The van der Waals surface area contributed by atoms with Crippen molar-refractivity contribution in [1.29, 1.82) is 0 Å². The smallest absolute Gasteiger partial charge is 0.246 e. The lowest BCUT2D eigenvalue weighted by molar-refractivity contribution is 0.0881. The van der Waals surface area contributed by atoms with E-state index in [4.69, 9.17) is 4.74 Å². The second kappa shape index (κ2) is 4.55. The first-order valence-corrected chi connectivity index (χ1v) is 5.31. The van der Waals surface area contributed by atoms with Crippen LogP contribution in [-0.4, -0.2) is 48.1 Å². The summed E-state index contributed by atoms with van der Waals surface area (Å²) in [7, 11) is 5.33. The van der Waals surface area contributed by atoms with Crippen molar-refractivity contribution in [2.75, 3.05) is 27.7 Å². The van der Waals surface area contributed by atoms with E-state index in [9.17, 15) is 4.79 Å². The molecule has 0 bridgehead atoms. The second-order valence-electron chi connectivity index (χ2n) is 4.10. The molecule has 0 N–H and O–H groups in total. The number of benzene rings is 1. The fraction of sp³-hybridized carbons (Fsp3) is 0.333. The molecule has 5 nitrogen and oxygen atoms in total. The van der Waals surface area contributed by atoms with Crippen LogP contribution in [0.4, 0.5) is 0 Å². The van der Waals surface area contributed by atoms with E-state index in [-0.39, 0.29) is 5.91 Å². The van der Waals surface area contributed by atoms with E-state index < -0.39 is 0 Å². The number of carbonyl (C=O) groups excluding carboxylic acids is 1. The summed E-state index contributed by atoms with van der Waals surface area (Å²) < 4.78 is 6.68. The third kappa shape index (κ3) is 2.29. The van der Waals surface area contributed by atoms with Crippen LogP contribution >= 0.6 is 0 Å². The molecule has 5 heteroatoms. The van der Waals surface area contributed by atoms with E-state index in [0.717, 1.165) is 16.8 Å². The van der Waals surface area contributed by atoms with E-state index in [2.05, 4.69) is 4.98 Å². The Labute approximate surface area is 99.6 Å². The number of aromatic nitrogens is 2. The number of ether oxygens (including phenoxy) is 1. The van der Waals surface area contributed by atoms with Crippen LogP contribution in [-0.2, 0) is 0 Å². The Morgan fingerprint density at radius 3 is 2.88 bits per heavy atom. The van der Waals surface area contributed by atoms with Crippen LogP contribution in [0.3, 0.4) is 0 Å². The summed E-state index contributed by atoms with van der Waals surface area (Å²) in [6, 6.07) is 5.48. The van der Waals surface area contributed by atoms with Crippen molar-refractivity contribution in [2.45, 2.75) is 0 Å². The highest BCUT2D eigenvalue weighted by Crippen LogP contribution is 2.19. The Morgan fingerprint density at radius 1 is 1.47 bits per heavy atom. The van der Waals surface area contributed by atoms with Gasteiger partial charge in [-0.1, -0.05) is 0 Å². The maximum atomic E-state index is 11.9. The lowest BCUT2D eigenvalue weighted by atomic mass is 10.3. The fourth-order valence-corrected chi connectivity index (χ4v) is 1.66. The van der Waals surface area contributed by atoms with Gasteiger partial charge in [-0.25, -0.2) is 4.98 Å². The number of imidazole rings is 1. The quantitative estimate of drug-likeness (QED) is 0.800. The van der Waals surface area contributed by atoms with Gasteiger partial charge in [0.1, 0.15) is 12.1 Å². The highest BCUT2D eigenvalue weighted by atomic mass is 16.5. The predicted octanol–water partition coefficient (Wildman–Crippen LogP) is 1.25. The van der Waals surface area contributed by atoms with Gasteiger partial charge in [0.05, 0.1) is 24.7 Å².